The molecule has 1 atom stereocenters. The van der Waals surface area contributed by atoms with Crippen LogP contribution in [0.5, 0.6) is 0 Å². The molecule has 0 rings (SSSR count). The van der Waals surface area contributed by atoms with Gasteiger partial charge in [0, 0.05) is 6.54 Å². The highest BCUT2D eigenvalue weighted by Crippen LogP contribution is 2.20. The molecular weight excluding hydrogens is 150 g/mol. The van der Waals surface area contributed by atoms with Crippen molar-refractivity contribution >= 4 is 0 Å². The Bertz CT molecular complexity index is 152. The zero-order chi connectivity index (χ0) is 9.61. The lowest BCUT2D eigenvalue weighted by atomic mass is 9.89. The Kier molecular flexibility index (Phi) is 4.96. The topological polar surface area (TPSA) is 32.3 Å². The number of aliphatic hydroxyl groups is 1. The molecule has 0 aliphatic carbocycles. The summed E-state index contributed by atoms with van der Waals surface area (Å²) in [6.07, 6.45) is 5.55. The third kappa shape index (κ3) is 7.59. The van der Waals surface area contributed by atoms with Crippen molar-refractivity contribution < 1.29 is 5.11 Å². The largest absolute Gasteiger partial charge is 0.392 e. The molecule has 70 valence electrons. The minimum atomic E-state index is -0.293. The van der Waals surface area contributed by atoms with Gasteiger partial charge < -0.3 is 10.4 Å². The molecule has 0 bridgehead atoms. The van der Waals surface area contributed by atoms with Gasteiger partial charge in [0.2, 0.25) is 0 Å². The predicted molar refractivity (Wildman–Crippen MR) is 51.8 cm³/mol. The summed E-state index contributed by atoms with van der Waals surface area (Å²) in [4.78, 5) is 0. The summed E-state index contributed by atoms with van der Waals surface area (Å²) in [7, 11) is 0. The van der Waals surface area contributed by atoms with Crippen LogP contribution in [0.25, 0.3) is 0 Å². The first kappa shape index (κ1) is 11.5. The number of rotatable bonds is 4. The van der Waals surface area contributed by atoms with Gasteiger partial charge in [0.1, 0.15) is 0 Å². The Balaban J connectivity index is 3.48. The molecule has 2 heteroatoms. The van der Waals surface area contributed by atoms with Crippen LogP contribution in [-0.4, -0.2) is 24.3 Å². The van der Waals surface area contributed by atoms with E-state index in [1.165, 1.54) is 0 Å². The van der Waals surface area contributed by atoms with E-state index in [-0.39, 0.29) is 11.5 Å². The van der Waals surface area contributed by atoms with Gasteiger partial charge in [-0.15, -0.1) is 6.42 Å². The molecule has 0 aromatic rings. The smallest absolute Gasteiger partial charge is 0.0669 e. The first-order chi connectivity index (χ1) is 5.45. The predicted octanol–water partition coefficient (Wildman–Crippen LogP) is 1.01. The van der Waals surface area contributed by atoms with Gasteiger partial charge in [-0.3, -0.25) is 0 Å². The van der Waals surface area contributed by atoms with Crippen LogP contribution in [0.2, 0.25) is 0 Å². The van der Waals surface area contributed by atoms with E-state index in [4.69, 9.17) is 6.42 Å². The first-order valence-corrected chi connectivity index (χ1v) is 4.28. The lowest BCUT2D eigenvalue weighted by Crippen LogP contribution is -2.30. The van der Waals surface area contributed by atoms with E-state index in [1.54, 1.807) is 0 Å². The second-order valence-corrected chi connectivity index (χ2v) is 4.25. The summed E-state index contributed by atoms with van der Waals surface area (Å²) in [5.74, 6) is 2.46. The van der Waals surface area contributed by atoms with Gasteiger partial charge in [-0.25, -0.2) is 0 Å². The van der Waals surface area contributed by atoms with Crippen molar-refractivity contribution in [2.75, 3.05) is 13.1 Å². The molecule has 12 heavy (non-hydrogen) atoms. The minimum absolute atomic E-state index is 0.178. The first-order valence-electron chi connectivity index (χ1n) is 4.28. The van der Waals surface area contributed by atoms with Crippen molar-refractivity contribution in [3.05, 3.63) is 0 Å². The van der Waals surface area contributed by atoms with Gasteiger partial charge in [0.15, 0.2) is 0 Å². The van der Waals surface area contributed by atoms with E-state index in [1.807, 2.05) is 0 Å². The van der Waals surface area contributed by atoms with Gasteiger partial charge in [0.05, 0.1) is 12.6 Å². The summed E-state index contributed by atoms with van der Waals surface area (Å²) in [5.41, 5.74) is 0.178. The number of aliphatic hydroxyl groups excluding tert-OH is 1. The van der Waals surface area contributed by atoms with Crippen molar-refractivity contribution in [1.82, 2.24) is 5.32 Å². The van der Waals surface area contributed by atoms with Crippen LogP contribution in [0, 0.1) is 17.8 Å². The maximum Gasteiger partial charge on any atom is 0.0669 e. The molecule has 0 saturated carbocycles. The van der Waals surface area contributed by atoms with Gasteiger partial charge in [-0.1, -0.05) is 26.7 Å². The highest BCUT2D eigenvalue weighted by molar-refractivity contribution is 4.86. The molecule has 0 aromatic carbocycles. The molecule has 1 unspecified atom stereocenters. The van der Waals surface area contributed by atoms with Crippen molar-refractivity contribution in [3.8, 4) is 12.3 Å². The van der Waals surface area contributed by atoms with Crippen LogP contribution in [0.15, 0.2) is 0 Å². The standard InChI is InChI=1S/C10H19NO/c1-5-6-11-8-9(12)7-10(2,3)4/h1,9,11-12H,6-8H2,2-4H3. The summed E-state index contributed by atoms with van der Waals surface area (Å²) >= 11 is 0. The molecule has 2 N–H and O–H groups in total. The number of hydrogen-bond acceptors (Lipinski definition) is 2. The highest BCUT2D eigenvalue weighted by atomic mass is 16.3. The second kappa shape index (κ2) is 5.18. The molecule has 0 aliphatic rings. The van der Waals surface area contributed by atoms with Gasteiger partial charge >= 0.3 is 0 Å². The Morgan fingerprint density at radius 1 is 1.50 bits per heavy atom. The molecule has 0 spiro atoms. The zero-order valence-electron chi connectivity index (χ0n) is 8.22. The third-order valence-corrected chi connectivity index (χ3v) is 1.46. The maximum absolute atomic E-state index is 9.48. The monoisotopic (exact) mass is 169 g/mol. The van der Waals surface area contributed by atoms with E-state index in [9.17, 15) is 5.11 Å². The van der Waals surface area contributed by atoms with Crippen molar-refractivity contribution in [2.24, 2.45) is 5.41 Å². The highest BCUT2D eigenvalue weighted by Gasteiger charge is 2.15. The quantitative estimate of drug-likeness (QED) is 0.486. The molecule has 0 aliphatic heterocycles. The summed E-state index contributed by atoms with van der Waals surface area (Å²) < 4.78 is 0. The zero-order valence-corrected chi connectivity index (χ0v) is 8.22. The van der Waals surface area contributed by atoms with E-state index >= 15 is 0 Å². The lowest BCUT2D eigenvalue weighted by molar-refractivity contribution is 0.121. The van der Waals surface area contributed by atoms with Crippen LogP contribution >= 0.6 is 0 Å². The average molecular weight is 169 g/mol. The molecule has 0 fully saturated rings. The second-order valence-electron chi connectivity index (χ2n) is 4.25. The van der Waals surface area contributed by atoms with E-state index in [2.05, 4.69) is 32.0 Å². The fourth-order valence-corrected chi connectivity index (χ4v) is 1.09. The Hall–Kier alpha value is -0.520. The van der Waals surface area contributed by atoms with Gasteiger partial charge in [-0.2, -0.15) is 0 Å². The number of hydrogen-bond donors (Lipinski definition) is 2. The van der Waals surface area contributed by atoms with Gasteiger partial charge in [-0.05, 0) is 11.8 Å². The third-order valence-electron chi connectivity index (χ3n) is 1.46. The summed E-state index contributed by atoms with van der Waals surface area (Å²) in [6, 6.07) is 0. The molecule has 0 heterocycles. The molecular formula is C10H19NO. The number of nitrogens with one attached hydrogen (secondary N) is 1. The SMILES string of the molecule is C#CCNCC(O)CC(C)(C)C. The number of terminal acetylenes is 1. The molecule has 0 radical (unpaired) electrons. The van der Waals surface area contributed by atoms with Crippen molar-refractivity contribution in [1.29, 1.82) is 0 Å². The van der Waals surface area contributed by atoms with Gasteiger partial charge in [0.25, 0.3) is 0 Å². The Morgan fingerprint density at radius 2 is 2.08 bits per heavy atom. The van der Waals surface area contributed by atoms with Crippen LogP contribution in [0.1, 0.15) is 27.2 Å². The maximum atomic E-state index is 9.48. The average Bonchev–Trinajstić information content (AvgIpc) is 1.84. The Morgan fingerprint density at radius 3 is 2.50 bits per heavy atom. The molecule has 2 nitrogen and oxygen atoms in total. The van der Waals surface area contributed by atoms with Crippen molar-refractivity contribution in [2.45, 2.75) is 33.3 Å². The fourth-order valence-electron chi connectivity index (χ4n) is 1.09. The van der Waals surface area contributed by atoms with Crippen molar-refractivity contribution in [3.63, 3.8) is 0 Å². The van der Waals surface area contributed by atoms with E-state index in [0.29, 0.717) is 13.1 Å². The van der Waals surface area contributed by atoms with Crippen LogP contribution in [0.3, 0.4) is 0 Å². The normalized spacial score (nSPS) is 13.9. The summed E-state index contributed by atoms with van der Waals surface area (Å²) in [6.45, 7) is 7.44. The van der Waals surface area contributed by atoms with E-state index in [0.717, 1.165) is 6.42 Å². The van der Waals surface area contributed by atoms with Crippen LogP contribution in [-0.2, 0) is 0 Å². The van der Waals surface area contributed by atoms with Crippen LogP contribution in [0.4, 0.5) is 0 Å². The summed E-state index contributed by atoms with van der Waals surface area (Å²) in [5, 5.41) is 12.5. The van der Waals surface area contributed by atoms with E-state index < -0.39 is 0 Å². The Labute approximate surface area is 75.4 Å². The molecule has 0 saturated heterocycles. The minimum Gasteiger partial charge on any atom is -0.392 e. The molecule has 0 aromatic heterocycles. The van der Waals surface area contributed by atoms with Crippen LogP contribution < -0.4 is 5.32 Å². The molecule has 0 amide bonds. The fraction of sp³-hybridized carbons (Fsp3) is 0.800. The lowest BCUT2D eigenvalue weighted by Gasteiger charge is -2.22.